The molecule has 0 unspecified atom stereocenters. The van der Waals surface area contributed by atoms with Crippen LogP contribution in [-0.4, -0.2) is 22.2 Å². The molecule has 1 aromatic carbocycles. The molecule has 8 heteroatoms. The second-order valence-corrected chi connectivity index (χ2v) is 7.95. The first kappa shape index (κ1) is 20.7. The summed E-state index contributed by atoms with van der Waals surface area (Å²) in [6.07, 6.45) is 0.744. The van der Waals surface area contributed by atoms with Gasteiger partial charge in [0.25, 0.3) is 5.91 Å². The summed E-state index contributed by atoms with van der Waals surface area (Å²) in [4.78, 5) is 12.2. The molecule has 0 aliphatic rings. The lowest BCUT2D eigenvalue weighted by Crippen LogP contribution is -2.25. The van der Waals surface area contributed by atoms with Gasteiger partial charge in [0, 0.05) is 16.7 Å². The van der Waals surface area contributed by atoms with Crippen LogP contribution in [0.3, 0.4) is 0 Å². The van der Waals surface area contributed by atoms with Crippen molar-refractivity contribution in [3.8, 4) is 5.75 Å². The average molecular weight is 514 g/mol. The summed E-state index contributed by atoms with van der Waals surface area (Å²) < 4.78 is 14.2. The van der Waals surface area contributed by atoms with Crippen molar-refractivity contribution >= 4 is 40.1 Å². The molecule has 2 heterocycles. The summed E-state index contributed by atoms with van der Waals surface area (Å²) in [6, 6.07) is 11.1. The van der Waals surface area contributed by atoms with E-state index < -0.39 is 0 Å². The molecule has 0 fully saturated rings. The molecular weight excluding hydrogens is 493 g/mol. The number of amides is 1. The molecule has 3 aromatic rings. The first-order valence-corrected chi connectivity index (χ1v) is 10.3. The molecule has 1 amide bonds. The maximum absolute atomic E-state index is 12.2. The Hall–Kier alpha value is -2.00. The minimum Gasteiger partial charge on any atom is -0.486 e. The monoisotopic (exact) mass is 513 g/mol. The quantitative estimate of drug-likeness (QED) is 0.349. The third kappa shape index (κ3) is 5.29. The van der Waals surface area contributed by atoms with Crippen molar-refractivity contribution in [2.45, 2.75) is 33.4 Å². The smallest absolute Gasteiger partial charge is 0.286 e. The highest BCUT2D eigenvalue weighted by molar-refractivity contribution is 14.1. The van der Waals surface area contributed by atoms with E-state index in [2.05, 4.69) is 33.0 Å². The summed E-state index contributed by atoms with van der Waals surface area (Å²) in [5, 5.41) is 7.93. The predicted octanol–water partition coefficient (Wildman–Crippen LogP) is 4.75. The zero-order valence-electron chi connectivity index (χ0n) is 15.7. The van der Waals surface area contributed by atoms with Crippen molar-refractivity contribution in [2.75, 3.05) is 6.54 Å². The highest BCUT2D eigenvalue weighted by Crippen LogP contribution is 2.19. The lowest BCUT2D eigenvalue weighted by atomic mass is 10.3. The maximum Gasteiger partial charge on any atom is 0.286 e. The van der Waals surface area contributed by atoms with Crippen LogP contribution < -0.4 is 10.1 Å². The number of hydrogen-bond donors (Lipinski definition) is 1. The van der Waals surface area contributed by atoms with Gasteiger partial charge in [0.05, 0.1) is 16.4 Å². The van der Waals surface area contributed by atoms with Gasteiger partial charge < -0.3 is 14.5 Å². The molecule has 0 aliphatic carbocycles. The molecule has 0 spiro atoms. The minimum atomic E-state index is -0.244. The number of carbonyl (C=O) groups excluding carboxylic acids is 1. The van der Waals surface area contributed by atoms with Gasteiger partial charge in [0.15, 0.2) is 5.76 Å². The Bertz CT molecular complexity index is 950. The fourth-order valence-corrected chi connectivity index (χ4v) is 3.17. The van der Waals surface area contributed by atoms with E-state index in [-0.39, 0.29) is 18.3 Å². The zero-order valence-corrected chi connectivity index (χ0v) is 18.6. The highest BCUT2D eigenvalue weighted by Gasteiger charge is 2.12. The Morgan fingerprint density at radius 1 is 1.25 bits per heavy atom. The van der Waals surface area contributed by atoms with Crippen LogP contribution in [0.4, 0.5) is 0 Å². The Kier molecular flexibility index (Phi) is 7.01. The van der Waals surface area contributed by atoms with Crippen LogP contribution in [0.2, 0.25) is 5.02 Å². The molecule has 3 rings (SSSR count). The second-order valence-electron chi connectivity index (χ2n) is 6.33. The van der Waals surface area contributed by atoms with Crippen molar-refractivity contribution < 1.29 is 13.9 Å². The number of ether oxygens (including phenoxy) is 1. The van der Waals surface area contributed by atoms with E-state index in [0.717, 1.165) is 27.1 Å². The molecule has 0 saturated heterocycles. The minimum absolute atomic E-state index is 0.244. The molecule has 28 heavy (non-hydrogen) atoms. The number of aryl methyl sites for hydroxylation is 2. The van der Waals surface area contributed by atoms with Crippen LogP contribution in [-0.2, 0) is 13.2 Å². The van der Waals surface area contributed by atoms with Gasteiger partial charge in [-0.25, -0.2) is 0 Å². The molecule has 0 aliphatic heterocycles. The molecule has 0 saturated carbocycles. The van der Waals surface area contributed by atoms with Crippen LogP contribution in [0.5, 0.6) is 5.75 Å². The Morgan fingerprint density at radius 2 is 2.00 bits per heavy atom. The maximum atomic E-state index is 12.2. The molecule has 148 valence electrons. The Morgan fingerprint density at radius 3 is 2.68 bits per heavy atom. The summed E-state index contributed by atoms with van der Waals surface area (Å²) in [6.45, 7) is 5.29. The van der Waals surface area contributed by atoms with Gasteiger partial charge in [-0.1, -0.05) is 11.6 Å². The Balaban J connectivity index is 1.43. The van der Waals surface area contributed by atoms with Gasteiger partial charge >= 0.3 is 0 Å². The molecule has 0 radical (unpaired) electrons. The predicted molar refractivity (Wildman–Crippen MR) is 116 cm³/mol. The fourth-order valence-electron chi connectivity index (χ4n) is 2.67. The number of aromatic nitrogens is 2. The van der Waals surface area contributed by atoms with Gasteiger partial charge in [-0.2, -0.15) is 5.10 Å². The van der Waals surface area contributed by atoms with Crippen molar-refractivity contribution in [1.29, 1.82) is 0 Å². The summed E-state index contributed by atoms with van der Waals surface area (Å²) >= 11 is 8.38. The van der Waals surface area contributed by atoms with E-state index in [9.17, 15) is 4.79 Å². The zero-order chi connectivity index (χ0) is 20.1. The third-order valence-corrected chi connectivity index (χ3v) is 5.47. The van der Waals surface area contributed by atoms with E-state index in [0.29, 0.717) is 23.9 Å². The van der Waals surface area contributed by atoms with Crippen molar-refractivity contribution in [3.05, 3.63) is 67.9 Å². The standard InChI is InChI=1S/C20H21ClIN3O3/c1-13-19(21)14(2)25(24-13)11-3-10-23-20(26)18-9-8-17(28-18)12-27-16-6-4-15(22)5-7-16/h4-9H,3,10-12H2,1-2H3,(H,23,26). The van der Waals surface area contributed by atoms with Gasteiger partial charge in [-0.05, 0) is 79.3 Å². The van der Waals surface area contributed by atoms with E-state index in [1.165, 1.54) is 0 Å². The number of benzene rings is 1. The largest absolute Gasteiger partial charge is 0.486 e. The number of rotatable bonds is 8. The number of nitrogens with zero attached hydrogens (tertiary/aromatic N) is 2. The summed E-state index contributed by atoms with van der Waals surface area (Å²) in [5.74, 6) is 1.38. The highest BCUT2D eigenvalue weighted by atomic mass is 127. The molecule has 1 N–H and O–H groups in total. The molecule has 6 nitrogen and oxygen atoms in total. The van der Waals surface area contributed by atoms with Gasteiger partial charge in [-0.15, -0.1) is 0 Å². The third-order valence-electron chi connectivity index (χ3n) is 4.21. The first-order valence-electron chi connectivity index (χ1n) is 8.89. The van der Waals surface area contributed by atoms with Gasteiger partial charge in [-0.3, -0.25) is 9.48 Å². The van der Waals surface area contributed by atoms with Gasteiger partial charge in [0.1, 0.15) is 18.1 Å². The van der Waals surface area contributed by atoms with Crippen molar-refractivity contribution in [1.82, 2.24) is 15.1 Å². The summed E-state index contributed by atoms with van der Waals surface area (Å²) in [7, 11) is 0. The van der Waals surface area contributed by atoms with Crippen LogP contribution in [0.1, 0.15) is 34.1 Å². The topological polar surface area (TPSA) is 69.3 Å². The number of hydrogen-bond acceptors (Lipinski definition) is 4. The van der Waals surface area contributed by atoms with Crippen LogP contribution in [0, 0.1) is 17.4 Å². The lowest BCUT2D eigenvalue weighted by molar-refractivity contribution is 0.0921. The van der Waals surface area contributed by atoms with Crippen LogP contribution in [0.25, 0.3) is 0 Å². The van der Waals surface area contributed by atoms with Crippen LogP contribution in [0.15, 0.2) is 40.8 Å². The number of nitrogens with one attached hydrogen (secondary N) is 1. The first-order chi connectivity index (χ1) is 13.4. The number of carbonyl (C=O) groups is 1. The van der Waals surface area contributed by atoms with E-state index in [4.69, 9.17) is 20.8 Å². The molecular formula is C20H21ClIN3O3. The summed E-state index contributed by atoms with van der Waals surface area (Å²) in [5.41, 5.74) is 1.76. The normalized spacial score (nSPS) is 10.9. The van der Waals surface area contributed by atoms with Crippen molar-refractivity contribution in [3.63, 3.8) is 0 Å². The van der Waals surface area contributed by atoms with Crippen molar-refractivity contribution in [2.24, 2.45) is 0 Å². The van der Waals surface area contributed by atoms with E-state index >= 15 is 0 Å². The number of furan rings is 1. The van der Waals surface area contributed by atoms with Gasteiger partial charge in [0.2, 0.25) is 0 Å². The van der Waals surface area contributed by atoms with E-state index in [1.807, 2.05) is 42.8 Å². The Labute approximate surface area is 182 Å². The molecule has 0 atom stereocenters. The lowest BCUT2D eigenvalue weighted by Gasteiger charge is -2.06. The SMILES string of the molecule is Cc1nn(CCCNC(=O)c2ccc(COc3ccc(I)cc3)o2)c(C)c1Cl. The van der Waals surface area contributed by atoms with Crippen LogP contribution >= 0.6 is 34.2 Å². The number of halogens is 2. The fraction of sp³-hybridized carbons (Fsp3) is 0.300. The second kappa shape index (κ2) is 9.47. The molecule has 0 bridgehead atoms. The van der Waals surface area contributed by atoms with E-state index in [1.54, 1.807) is 12.1 Å². The average Bonchev–Trinajstić information content (AvgIpc) is 3.26. The molecule has 2 aromatic heterocycles.